The van der Waals surface area contributed by atoms with Gasteiger partial charge in [-0.15, -0.1) is 0 Å². The van der Waals surface area contributed by atoms with Crippen molar-refractivity contribution in [3.8, 4) is 0 Å². The van der Waals surface area contributed by atoms with E-state index >= 15 is 0 Å². The fourth-order valence-electron chi connectivity index (χ4n) is 3.56. The molecule has 0 fully saturated rings. The Morgan fingerprint density at radius 2 is 1.68 bits per heavy atom. The molecule has 0 saturated carbocycles. The molecule has 0 unspecified atom stereocenters. The van der Waals surface area contributed by atoms with E-state index in [9.17, 15) is 0 Å². The minimum Gasteiger partial charge on any atom is -0.382 e. The van der Waals surface area contributed by atoms with Crippen LogP contribution in [0.4, 0.5) is 11.4 Å². The molecule has 0 radical (unpaired) electrons. The lowest BCUT2D eigenvalue weighted by molar-refractivity contribution is 0.598. The lowest BCUT2D eigenvalue weighted by atomic mass is 9.89. The Balaban J connectivity index is 1.98. The van der Waals surface area contributed by atoms with E-state index in [1.807, 2.05) is 0 Å². The van der Waals surface area contributed by atoms with Gasteiger partial charge < -0.3 is 10.6 Å². The third-order valence-electron chi connectivity index (χ3n) is 4.58. The molecular formula is C20H26N2. The van der Waals surface area contributed by atoms with Gasteiger partial charge in [-0.05, 0) is 63.8 Å². The zero-order chi connectivity index (χ0) is 15.9. The Morgan fingerprint density at radius 1 is 0.955 bits per heavy atom. The standard InChI is InChI=1S/C20H26N2/c1-12-6-7-18(14(3)8-12)22-19-11-16(5)21-20-15(4)9-13(2)10-17(19)20/h6-10,16,19,21-22H,11H2,1-5H3/t16-,19+/m1/s1. The maximum absolute atomic E-state index is 3.78. The lowest BCUT2D eigenvalue weighted by Gasteiger charge is -2.34. The van der Waals surface area contributed by atoms with Crippen molar-refractivity contribution >= 4 is 11.4 Å². The summed E-state index contributed by atoms with van der Waals surface area (Å²) in [5, 5.41) is 7.43. The molecule has 2 aromatic rings. The molecule has 0 amide bonds. The molecule has 2 atom stereocenters. The smallest absolute Gasteiger partial charge is 0.0553 e. The van der Waals surface area contributed by atoms with Crippen LogP contribution in [0.5, 0.6) is 0 Å². The van der Waals surface area contributed by atoms with Gasteiger partial charge in [0, 0.05) is 17.4 Å². The number of anilines is 2. The van der Waals surface area contributed by atoms with Crippen LogP contribution in [-0.4, -0.2) is 6.04 Å². The summed E-state index contributed by atoms with van der Waals surface area (Å²) in [6.45, 7) is 11.0. The summed E-state index contributed by atoms with van der Waals surface area (Å²) >= 11 is 0. The van der Waals surface area contributed by atoms with E-state index < -0.39 is 0 Å². The predicted molar refractivity (Wildman–Crippen MR) is 95.9 cm³/mol. The zero-order valence-corrected chi connectivity index (χ0v) is 14.2. The number of fused-ring (bicyclic) bond motifs is 1. The average molecular weight is 294 g/mol. The summed E-state index contributed by atoms with van der Waals surface area (Å²) in [7, 11) is 0. The molecule has 2 aromatic carbocycles. The maximum Gasteiger partial charge on any atom is 0.0553 e. The highest BCUT2D eigenvalue weighted by Crippen LogP contribution is 2.38. The van der Waals surface area contributed by atoms with E-state index in [4.69, 9.17) is 0 Å². The molecule has 3 rings (SSSR count). The minimum absolute atomic E-state index is 0.367. The Bertz CT molecular complexity index is 703. The summed E-state index contributed by atoms with van der Waals surface area (Å²) in [6.07, 6.45) is 1.10. The van der Waals surface area contributed by atoms with Crippen LogP contribution < -0.4 is 10.6 Å². The molecular weight excluding hydrogens is 268 g/mol. The number of benzene rings is 2. The van der Waals surface area contributed by atoms with E-state index in [1.54, 1.807) is 0 Å². The summed E-state index contributed by atoms with van der Waals surface area (Å²) in [4.78, 5) is 0. The van der Waals surface area contributed by atoms with Gasteiger partial charge in [-0.2, -0.15) is 0 Å². The fraction of sp³-hybridized carbons (Fsp3) is 0.400. The van der Waals surface area contributed by atoms with E-state index in [-0.39, 0.29) is 0 Å². The summed E-state index contributed by atoms with van der Waals surface area (Å²) in [5.41, 5.74) is 9.26. The zero-order valence-electron chi connectivity index (χ0n) is 14.2. The van der Waals surface area contributed by atoms with E-state index in [0.717, 1.165) is 6.42 Å². The van der Waals surface area contributed by atoms with Crippen LogP contribution in [0.3, 0.4) is 0 Å². The fourth-order valence-corrected chi connectivity index (χ4v) is 3.56. The molecule has 0 aromatic heterocycles. The van der Waals surface area contributed by atoms with Crippen molar-refractivity contribution in [2.75, 3.05) is 10.6 Å². The van der Waals surface area contributed by atoms with Crippen LogP contribution in [0.2, 0.25) is 0 Å². The van der Waals surface area contributed by atoms with Gasteiger partial charge >= 0.3 is 0 Å². The van der Waals surface area contributed by atoms with Gasteiger partial charge in [-0.25, -0.2) is 0 Å². The molecule has 0 spiro atoms. The first kappa shape index (κ1) is 15.0. The highest BCUT2D eigenvalue weighted by molar-refractivity contribution is 5.64. The van der Waals surface area contributed by atoms with Gasteiger partial charge in [0.15, 0.2) is 0 Å². The van der Waals surface area contributed by atoms with Gasteiger partial charge in [0.2, 0.25) is 0 Å². The topological polar surface area (TPSA) is 24.1 Å². The molecule has 2 N–H and O–H groups in total. The number of rotatable bonds is 2. The molecule has 1 heterocycles. The van der Waals surface area contributed by atoms with Crippen molar-refractivity contribution in [1.82, 2.24) is 0 Å². The maximum atomic E-state index is 3.78. The van der Waals surface area contributed by atoms with E-state index in [1.165, 1.54) is 39.2 Å². The first-order valence-corrected chi connectivity index (χ1v) is 8.15. The van der Waals surface area contributed by atoms with Gasteiger partial charge in [0.1, 0.15) is 0 Å². The van der Waals surface area contributed by atoms with E-state index in [0.29, 0.717) is 12.1 Å². The second-order valence-corrected chi connectivity index (χ2v) is 6.84. The molecule has 22 heavy (non-hydrogen) atoms. The first-order valence-electron chi connectivity index (χ1n) is 8.15. The predicted octanol–water partition coefficient (Wildman–Crippen LogP) is 5.28. The first-order chi connectivity index (χ1) is 10.4. The monoisotopic (exact) mass is 294 g/mol. The second kappa shape index (κ2) is 5.68. The molecule has 2 nitrogen and oxygen atoms in total. The Kier molecular flexibility index (Phi) is 3.86. The number of hydrogen-bond donors (Lipinski definition) is 2. The molecule has 1 aliphatic rings. The van der Waals surface area contributed by atoms with Crippen molar-refractivity contribution in [3.63, 3.8) is 0 Å². The molecule has 0 bridgehead atoms. The normalized spacial score (nSPS) is 20.2. The highest BCUT2D eigenvalue weighted by Gasteiger charge is 2.25. The van der Waals surface area contributed by atoms with Gasteiger partial charge in [0.25, 0.3) is 0 Å². The second-order valence-electron chi connectivity index (χ2n) is 6.84. The van der Waals surface area contributed by atoms with Gasteiger partial charge in [0.05, 0.1) is 6.04 Å². The van der Waals surface area contributed by atoms with Crippen LogP contribution >= 0.6 is 0 Å². The summed E-state index contributed by atoms with van der Waals surface area (Å²) in [6, 6.07) is 12.1. The molecule has 2 heteroatoms. The van der Waals surface area contributed by atoms with Gasteiger partial charge in [-0.3, -0.25) is 0 Å². The van der Waals surface area contributed by atoms with Crippen LogP contribution in [0.1, 0.15) is 47.2 Å². The Labute approximate surface area is 134 Å². The molecule has 0 saturated heterocycles. The number of hydrogen-bond acceptors (Lipinski definition) is 2. The third kappa shape index (κ3) is 2.83. The quantitative estimate of drug-likeness (QED) is 0.787. The van der Waals surface area contributed by atoms with Crippen molar-refractivity contribution in [2.45, 2.75) is 53.1 Å². The van der Waals surface area contributed by atoms with Crippen LogP contribution in [0.25, 0.3) is 0 Å². The average Bonchev–Trinajstić information content (AvgIpc) is 2.43. The van der Waals surface area contributed by atoms with Crippen LogP contribution in [-0.2, 0) is 0 Å². The lowest BCUT2D eigenvalue weighted by Crippen LogP contribution is -2.29. The minimum atomic E-state index is 0.367. The summed E-state index contributed by atoms with van der Waals surface area (Å²) in [5.74, 6) is 0. The molecule has 116 valence electrons. The van der Waals surface area contributed by atoms with E-state index in [2.05, 4.69) is 75.6 Å². The molecule has 0 aliphatic carbocycles. The highest BCUT2D eigenvalue weighted by atomic mass is 15.0. The van der Waals surface area contributed by atoms with Crippen molar-refractivity contribution in [1.29, 1.82) is 0 Å². The number of nitrogens with one attached hydrogen (secondary N) is 2. The summed E-state index contributed by atoms with van der Waals surface area (Å²) < 4.78 is 0. The van der Waals surface area contributed by atoms with Gasteiger partial charge in [-0.1, -0.05) is 35.4 Å². The van der Waals surface area contributed by atoms with Crippen LogP contribution in [0.15, 0.2) is 30.3 Å². The Hall–Kier alpha value is -1.96. The van der Waals surface area contributed by atoms with Crippen molar-refractivity contribution in [3.05, 3.63) is 58.1 Å². The number of aryl methyl sites for hydroxylation is 4. The van der Waals surface area contributed by atoms with Crippen LogP contribution in [0, 0.1) is 27.7 Å². The largest absolute Gasteiger partial charge is 0.382 e. The van der Waals surface area contributed by atoms with Crippen molar-refractivity contribution in [2.24, 2.45) is 0 Å². The Morgan fingerprint density at radius 3 is 2.41 bits per heavy atom. The molecule has 1 aliphatic heterocycles. The van der Waals surface area contributed by atoms with Crippen molar-refractivity contribution < 1.29 is 0 Å². The third-order valence-corrected chi connectivity index (χ3v) is 4.58. The SMILES string of the molecule is Cc1ccc(N[C@H]2C[C@@H](C)Nc3c(C)cc(C)cc32)c(C)c1.